The fourth-order valence-corrected chi connectivity index (χ4v) is 6.98. The van der Waals surface area contributed by atoms with Crippen LogP contribution < -0.4 is 5.32 Å². The molecule has 2 aromatic heterocycles. The second kappa shape index (κ2) is 8.37. The van der Waals surface area contributed by atoms with Gasteiger partial charge in [0.15, 0.2) is 0 Å². The second-order valence-corrected chi connectivity index (χ2v) is 11.4. The molecule has 0 spiro atoms. The Morgan fingerprint density at radius 3 is 1.28 bits per heavy atom. The summed E-state index contributed by atoms with van der Waals surface area (Å²) < 4.78 is 12.8. The van der Waals surface area contributed by atoms with Gasteiger partial charge >= 0.3 is 0 Å². The van der Waals surface area contributed by atoms with E-state index in [4.69, 9.17) is 8.83 Å². The molecule has 0 radical (unpaired) electrons. The number of fused-ring (bicyclic) bond motifs is 14. The minimum Gasteiger partial charge on any atom is -0.455 e. The highest BCUT2D eigenvalue weighted by molar-refractivity contribution is 6.24. The molecule has 1 N–H and O–H groups in total. The first kappa shape index (κ1) is 22.8. The molecule has 0 unspecified atom stereocenters. The van der Waals surface area contributed by atoms with Crippen LogP contribution in [0.15, 0.2) is 142 Å². The number of nitrogens with one attached hydrogen (secondary N) is 1. The zero-order valence-electron chi connectivity index (χ0n) is 23.0. The van der Waals surface area contributed by atoms with Gasteiger partial charge in [-0.1, -0.05) is 84.9 Å². The van der Waals surface area contributed by atoms with E-state index >= 15 is 0 Å². The molecular weight excluding hydrogens is 526 g/mol. The molecule has 200 valence electrons. The lowest BCUT2D eigenvalue weighted by Gasteiger charge is -2.11. The van der Waals surface area contributed by atoms with E-state index in [-0.39, 0.29) is 0 Å². The van der Waals surface area contributed by atoms with Crippen molar-refractivity contribution in [3.05, 3.63) is 133 Å². The molecule has 0 fully saturated rings. The fraction of sp³-hybridized carbons (Fsp3) is 0. The van der Waals surface area contributed by atoms with Gasteiger partial charge in [-0.15, -0.1) is 0 Å². The Hall–Kier alpha value is -5.80. The van der Waals surface area contributed by atoms with Crippen LogP contribution in [0.2, 0.25) is 0 Å². The fourth-order valence-electron chi connectivity index (χ4n) is 6.98. The average Bonchev–Trinajstić information content (AvgIpc) is 3.63. The first-order valence-electron chi connectivity index (χ1n) is 14.6. The van der Waals surface area contributed by atoms with E-state index in [1.54, 1.807) is 0 Å². The maximum atomic E-state index is 6.39. The zero-order chi connectivity index (χ0) is 28.1. The molecule has 3 nitrogen and oxygen atoms in total. The number of hydrogen-bond acceptors (Lipinski definition) is 3. The Morgan fingerprint density at radius 1 is 0.349 bits per heavy atom. The third kappa shape index (κ3) is 3.25. The van der Waals surface area contributed by atoms with Crippen LogP contribution in [0.1, 0.15) is 0 Å². The summed E-state index contributed by atoms with van der Waals surface area (Å²) in [4.78, 5) is 0. The van der Waals surface area contributed by atoms with E-state index in [1.165, 1.54) is 32.3 Å². The lowest BCUT2D eigenvalue weighted by Crippen LogP contribution is -1.91. The van der Waals surface area contributed by atoms with Crippen molar-refractivity contribution in [1.82, 2.24) is 0 Å². The first-order valence-corrected chi connectivity index (χ1v) is 14.6. The molecular formula is C40H23NO2. The molecule has 8 aromatic carbocycles. The van der Waals surface area contributed by atoms with E-state index in [0.29, 0.717) is 0 Å². The van der Waals surface area contributed by atoms with Gasteiger partial charge in [0.1, 0.15) is 22.3 Å². The Bertz CT molecular complexity index is 2570. The van der Waals surface area contributed by atoms with Crippen LogP contribution in [-0.2, 0) is 0 Å². The number of para-hydroxylation sites is 2. The molecule has 0 aliphatic carbocycles. The minimum atomic E-state index is 0.922. The van der Waals surface area contributed by atoms with Crippen molar-refractivity contribution in [2.45, 2.75) is 0 Å². The van der Waals surface area contributed by atoms with Crippen LogP contribution in [0, 0.1) is 0 Å². The lowest BCUT2D eigenvalue weighted by atomic mass is 9.98. The predicted octanol–water partition coefficient (Wildman–Crippen LogP) is 11.8. The number of anilines is 2. The van der Waals surface area contributed by atoms with Gasteiger partial charge in [-0.25, -0.2) is 0 Å². The van der Waals surface area contributed by atoms with Gasteiger partial charge in [0, 0.05) is 43.7 Å². The van der Waals surface area contributed by atoms with Gasteiger partial charge in [0.25, 0.3) is 0 Å². The molecule has 0 atom stereocenters. The molecule has 10 rings (SSSR count). The van der Waals surface area contributed by atoms with Crippen LogP contribution in [0.25, 0.3) is 87.0 Å². The van der Waals surface area contributed by atoms with Gasteiger partial charge in [-0.2, -0.15) is 0 Å². The van der Waals surface area contributed by atoms with Gasteiger partial charge in [0.2, 0.25) is 0 Å². The molecule has 0 aliphatic heterocycles. The Balaban J connectivity index is 1.09. The lowest BCUT2D eigenvalue weighted by molar-refractivity contribution is 0.672. The van der Waals surface area contributed by atoms with Crippen LogP contribution in [-0.4, -0.2) is 0 Å². The molecule has 0 aliphatic rings. The van der Waals surface area contributed by atoms with Crippen molar-refractivity contribution in [3.63, 3.8) is 0 Å². The van der Waals surface area contributed by atoms with Gasteiger partial charge in [0.05, 0.1) is 0 Å². The molecule has 0 bridgehead atoms. The van der Waals surface area contributed by atoms with Crippen molar-refractivity contribution >= 4 is 98.3 Å². The standard InChI is InChI=1S/C40H23NO2/c1-3-7-35-31(5-1)33-17-13-23-9-11-25-21-27(15-19-29(25)37(23)39(33)42-35)41-28-16-20-30-26(22-28)12-10-24-14-18-34-32-6-2-4-8-36(32)43-40(34)38(24)30/h1-22,41H. The SMILES string of the molecule is c1ccc2c(c1)oc1c2ccc2ccc3cc(Nc4ccc5c(ccc6ccc7c8ccccc8oc7c65)c4)ccc3c21. The minimum absolute atomic E-state index is 0.922. The van der Waals surface area contributed by atoms with Crippen molar-refractivity contribution in [2.24, 2.45) is 0 Å². The summed E-state index contributed by atoms with van der Waals surface area (Å²) in [6.07, 6.45) is 0. The van der Waals surface area contributed by atoms with E-state index in [1.807, 2.05) is 24.3 Å². The van der Waals surface area contributed by atoms with Gasteiger partial charge in [-0.3, -0.25) is 0 Å². The Morgan fingerprint density at radius 2 is 0.767 bits per heavy atom. The summed E-state index contributed by atoms with van der Waals surface area (Å²) in [5.74, 6) is 0. The highest BCUT2D eigenvalue weighted by Crippen LogP contribution is 2.40. The van der Waals surface area contributed by atoms with Crippen molar-refractivity contribution in [3.8, 4) is 0 Å². The van der Waals surface area contributed by atoms with Crippen molar-refractivity contribution in [1.29, 1.82) is 0 Å². The topological polar surface area (TPSA) is 38.3 Å². The van der Waals surface area contributed by atoms with Gasteiger partial charge < -0.3 is 14.2 Å². The summed E-state index contributed by atoms with van der Waals surface area (Å²) in [5, 5.41) is 17.7. The Labute approximate surface area is 245 Å². The summed E-state index contributed by atoms with van der Waals surface area (Å²) in [5.41, 5.74) is 5.83. The summed E-state index contributed by atoms with van der Waals surface area (Å²) >= 11 is 0. The molecule has 10 aromatic rings. The van der Waals surface area contributed by atoms with Crippen molar-refractivity contribution < 1.29 is 8.83 Å². The molecule has 0 saturated heterocycles. The number of rotatable bonds is 2. The quantitative estimate of drug-likeness (QED) is 0.218. The van der Waals surface area contributed by atoms with Crippen LogP contribution in [0.5, 0.6) is 0 Å². The summed E-state index contributed by atoms with van der Waals surface area (Å²) in [7, 11) is 0. The maximum absolute atomic E-state index is 6.39. The average molecular weight is 550 g/mol. The third-order valence-electron chi connectivity index (χ3n) is 8.97. The monoisotopic (exact) mass is 549 g/mol. The molecule has 3 heteroatoms. The van der Waals surface area contributed by atoms with Crippen LogP contribution in [0.3, 0.4) is 0 Å². The third-order valence-corrected chi connectivity index (χ3v) is 8.97. The largest absolute Gasteiger partial charge is 0.455 e. The van der Waals surface area contributed by atoms with E-state index < -0.39 is 0 Å². The van der Waals surface area contributed by atoms with E-state index in [0.717, 1.165) is 66.0 Å². The predicted molar refractivity (Wildman–Crippen MR) is 181 cm³/mol. The maximum Gasteiger partial charge on any atom is 0.143 e. The second-order valence-electron chi connectivity index (χ2n) is 11.4. The van der Waals surface area contributed by atoms with E-state index in [9.17, 15) is 0 Å². The molecule has 0 saturated carbocycles. The highest BCUT2D eigenvalue weighted by Gasteiger charge is 2.14. The van der Waals surface area contributed by atoms with Crippen molar-refractivity contribution in [2.75, 3.05) is 5.32 Å². The summed E-state index contributed by atoms with van der Waals surface area (Å²) in [6.45, 7) is 0. The normalized spacial score (nSPS) is 12.2. The highest BCUT2D eigenvalue weighted by atomic mass is 16.3. The summed E-state index contributed by atoms with van der Waals surface area (Å²) in [6, 6.07) is 47.2. The smallest absolute Gasteiger partial charge is 0.143 e. The van der Waals surface area contributed by atoms with E-state index in [2.05, 4.69) is 115 Å². The van der Waals surface area contributed by atoms with Gasteiger partial charge in [-0.05, 0) is 80.8 Å². The number of furan rings is 2. The Kier molecular flexibility index (Phi) is 4.45. The first-order chi connectivity index (χ1) is 21.3. The zero-order valence-corrected chi connectivity index (χ0v) is 23.0. The molecule has 2 heterocycles. The van der Waals surface area contributed by atoms with Crippen LogP contribution >= 0.6 is 0 Å². The molecule has 43 heavy (non-hydrogen) atoms. The molecule has 0 amide bonds. The number of benzene rings is 8. The van der Waals surface area contributed by atoms with Crippen LogP contribution in [0.4, 0.5) is 11.4 Å². The number of hydrogen-bond donors (Lipinski definition) is 1.